The van der Waals surface area contributed by atoms with Crippen LogP contribution >= 0.6 is 0 Å². The van der Waals surface area contributed by atoms with Gasteiger partial charge in [0, 0.05) is 37.7 Å². The second kappa shape index (κ2) is 5.83. The number of rotatable bonds is 5. The largest absolute Gasteiger partial charge is 0.450 e. The number of ether oxygens (including phenoxy) is 1. The Kier molecular flexibility index (Phi) is 3.91. The Morgan fingerprint density at radius 3 is 3.15 bits per heavy atom. The van der Waals surface area contributed by atoms with Gasteiger partial charge in [0.2, 0.25) is 0 Å². The Bertz CT molecular complexity index is 470. The second-order valence-corrected chi connectivity index (χ2v) is 5.51. The van der Waals surface area contributed by atoms with Crippen molar-refractivity contribution in [2.75, 3.05) is 19.7 Å². The van der Waals surface area contributed by atoms with Gasteiger partial charge >= 0.3 is 6.09 Å². The predicted octanol–water partition coefficient (Wildman–Crippen LogP) is 1.87. The molecular formula is C14H21N3O3. The van der Waals surface area contributed by atoms with E-state index in [0.717, 1.165) is 24.4 Å². The number of nitrogens with one attached hydrogen (secondary N) is 1. The normalized spacial score (nSPS) is 22.2. The van der Waals surface area contributed by atoms with Gasteiger partial charge in [0.05, 0.1) is 12.3 Å². The van der Waals surface area contributed by atoms with Gasteiger partial charge in [-0.3, -0.25) is 0 Å². The van der Waals surface area contributed by atoms with Crippen molar-refractivity contribution in [3.05, 3.63) is 17.5 Å². The van der Waals surface area contributed by atoms with Crippen LogP contribution in [0.15, 0.2) is 10.6 Å². The van der Waals surface area contributed by atoms with Crippen molar-refractivity contribution in [1.82, 2.24) is 15.4 Å². The molecule has 1 aliphatic heterocycles. The van der Waals surface area contributed by atoms with E-state index in [2.05, 4.69) is 10.5 Å². The monoisotopic (exact) mass is 279 g/mol. The minimum atomic E-state index is -0.214. The first-order valence-corrected chi connectivity index (χ1v) is 7.37. The van der Waals surface area contributed by atoms with Gasteiger partial charge in [-0.2, -0.15) is 0 Å². The van der Waals surface area contributed by atoms with Gasteiger partial charge in [0.15, 0.2) is 0 Å². The van der Waals surface area contributed by atoms with Crippen LogP contribution in [0.1, 0.15) is 43.6 Å². The highest BCUT2D eigenvalue weighted by Gasteiger charge is 2.29. The smallest absolute Gasteiger partial charge is 0.409 e. The number of hydrogen-bond acceptors (Lipinski definition) is 5. The number of likely N-dealkylation sites (tertiary alicyclic amines) is 1. The fourth-order valence-electron chi connectivity index (χ4n) is 2.53. The van der Waals surface area contributed by atoms with E-state index in [4.69, 9.17) is 9.26 Å². The van der Waals surface area contributed by atoms with E-state index in [1.165, 1.54) is 12.8 Å². The average molecular weight is 279 g/mol. The summed E-state index contributed by atoms with van der Waals surface area (Å²) in [5.74, 6) is 1.61. The van der Waals surface area contributed by atoms with Gasteiger partial charge in [-0.05, 0) is 26.2 Å². The van der Waals surface area contributed by atoms with E-state index in [-0.39, 0.29) is 6.09 Å². The van der Waals surface area contributed by atoms with Crippen LogP contribution in [0.25, 0.3) is 0 Å². The van der Waals surface area contributed by atoms with E-state index in [1.54, 1.807) is 4.90 Å². The van der Waals surface area contributed by atoms with Crippen LogP contribution in [0.2, 0.25) is 0 Å². The molecule has 110 valence electrons. The third kappa shape index (κ3) is 3.12. The predicted molar refractivity (Wildman–Crippen MR) is 72.3 cm³/mol. The minimum absolute atomic E-state index is 0.214. The standard InChI is InChI=1S/C14H21N3O3/c1-2-19-14(18)17-6-5-11(9-17)15-8-12-7-13(20-16-12)10-3-4-10/h7,10-11,15H,2-6,8-9H2,1H3. The summed E-state index contributed by atoms with van der Waals surface area (Å²) in [6.07, 6.45) is 3.18. The Labute approximate surface area is 118 Å². The topological polar surface area (TPSA) is 67.6 Å². The van der Waals surface area contributed by atoms with E-state index < -0.39 is 0 Å². The molecular weight excluding hydrogens is 258 g/mol. The molecule has 3 rings (SSSR count). The molecule has 0 bridgehead atoms. The fraction of sp³-hybridized carbons (Fsp3) is 0.714. The molecule has 1 saturated carbocycles. The first kappa shape index (κ1) is 13.4. The van der Waals surface area contributed by atoms with Crippen molar-refractivity contribution in [2.24, 2.45) is 0 Å². The SMILES string of the molecule is CCOC(=O)N1CCC(NCc2cc(C3CC3)on2)C1. The molecule has 1 aromatic heterocycles. The lowest BCUT2D eigenvalue weighted by Crippen LogP contribution is -2.35. The van der Waals surface area contributed by atoms with Gasteiger partial charge in [-0.1, -0.05) is 5.16 Å². The third-order valence-corrected chi connectivity index (χ3v) is 3.84. The van der Waals surface area contributed by atoms with Crippen molar-refractivity contribution in [2.45, 2.75) is 44.7 Å². The maximum Gasteiger partial charge on any atom is 0.409 e. The maximum atomic E-state index is 11.6. The average Bonchev–Trinajstić information content (AvgIpc) is 3.01. The second-order valence-electron chi connectivity index (χ2n) is 5.51. The third-order valence-electron chi connectivity index (χ3n) is 3.84. The molecule has 1 unspecified atom stereocenters. The molecule has 6 heteroatoms. The summed E-state index contributed by atoms with van der Waals surface area (Å²) >= 11 is 0. The molecule has 2 aliphatic rings. The van der Waals surface area contributed by atoms with Crippen molar-refractivity contribution < 1.29 is 14.1 Å². The summed E-state index contributed by atoms with van der Waals surface area (Å²) in [5.41, 5.74) is 0.946. The Morgan fingerprint density at radius 1 is 1.55 bits per heavy atom. The zero-order valence-corrected chi connectivity index (χ0v) is 11.8. The maximum absolute atomic E-state index is 11.6. The number of carbonyl (C=O) groups is 1. The van der Waals surface area contributed by atoms with Gasteiger partial charge in [-0.25, -0.2) is 4.79 Å². The summed E-state index contributed by atoms with van der Waals surface area (Å²) in [6, 6.07) is 2.35. The molecule has 1 aliphatic carbocycles. The van der Waals surface area contributed by atoms with Crippen LogP contribution in [0.4, 0.5) is 4.79 Å². The molecule has 20 heavy (non-hydrogen) atoms. The first-order chi connectivity index (χ1) is 9.76. The zero-order valence-electron chi connectivity index (χ0n) is 11.8. The molecule has 1 aromatic rings. The highest BCUT2D eigenvalue weighted by molar-refractivity contribution is 5.68. The highest BCUT2D eigenvalue weighted by atomic mass is 16.6. The molecule has 1 saturated heterocycles. The van der Waals surface area contributed by atoms with E-state index in [0.29, 0.717) is 31.7 Å². The Morgan fingerprint density at radius 2 is 2.40 bits per heavy atom. The molecule has 0 spiro atoms. The van der Waals surface area contributed by atoms with Gasteiger partial charge in [-0.15, -0.1) is 0 Å². The summed E-state index contributed by atoms with van der Waals surface area (Å²) in [4.78, 5) is 13.3. The summed E-state index contributed by atoms with van der Waals surface area (Å²) in [5, 5.41) is 7.50. The number of carbonyl (C=O) groups excluding carboxylic acids is 1. The lowest BCUT2D eigenvalue weighted by molar-refractivity contribution is 0.115. The Balaban J connectivity index is 1.43. The molecule has 6 nitrogen and oxygen atoms in total. The van der Waals surface area contributed by atoms with Crippen LogP contribution in [0.3, 0.4) is 0 Å². The number of aromatic nitrogens is 1. The molecule has 2 fully saturated rings. The molecule has 0 aromatic carbocycles. The van der Waals surface area contributed by atoms with Crippen molar-refractivity contribution in [3.8, 4) is 0 Å². The van der Waals surface area contributed by atoms with Crippen LogP contribution in [0.5, 0.6) is 0 Å². The number of amides is 1. The van der Waals surface area contributed by atoms with Crippen LogP contribution in [0, 0.1) is 0 Å². The van der Waals surface area contributed by atoms with E-state index in [1.807, 2.05) is 13.0 Å². The lowest BCUT2D eigenvalue weighted by Gasteiger charge is -2.15. The molecule has 0 radical (unpaired) electrons. The minimum Gasteiger partial charge on any atom is -0.450 e. The first-order valence-electron chi connectivity index (χ1n) is 7.37. The van der Waals surface area contributed by atoms with Gasteiger partial charge in [0.1, 0.15) is 5.76 Å². The lowest BCUT2D eigenvalue weighted by atomic mass is 10.2. The fourth-order valence-corrected chi connectivity index (χ4v) is 2.53. The molecule has 2 heterocycles. The highest BCUT2D eigenvalue weighted by Crippen LogP contribution is 2.40. The van der Waals surface area contributed by atoms with E-state index >= 15 is 0 Å². The van der Waals surface area contributed by atoms with Crippen molar-refractivity contribution in [3.63, 3.8) is 0 Å². The number of nitrogens with zero attached hydrogens (tertiary/aromatic N) is 2. The van der Waals surface area contributed by atoms with Crippen LogP contribution in [-0.2, 0) is 11.3 Å². The number of hydrogen-bond donors (Lipinski definition) is 1. The molecule has 1 N–H and O–H groups in total. The summed E-state index contributed by atoms with van der Waals surface area (Å²) in [6.45, 7) is 4.40. The van der Waals surface area contributed by atoms with Crippen molar-refractivity contribution in [1.29, 1.82) is 0 Å². The van der Waals surface area contributed by atoms with Crippen molar-refractivity contribution >= 4 is 6.09 Å². The molecule has 1 amide bonds. The quantitative estimate of drug-likeness (QED) is 0.891. The summed E-state index contributed by atoms with van der Waals surface area (Å²) < 4.78 is 10.3. The molecule has 1 atom stereocenters. The summed E-state index contributed by atoms with van der Waals surface area (Å²) in [7, 11) is 0. The van der Waals surface area contributed by atoms with Crippen LogP contribution in [-0.4, -0.2) is 41.9 Å². The Hall–Kier alpha value is -1.56. The van der Waals surface area contributed by atoms with Gasteiger partial charge in [0.25, 0.3) is 0 Å². The van der Waals surface area contributed by atoms with Crippen LogP contribution < -0.4 is 5.32 Å². The van der Waals surface area contributed by atoms with Gasteiger partial charge < -0.3 is 19.5 Å². The van der Waals surface area contributed by atoms with E-state index in [9.17, 15) is 4.79 Å². The zero-order chi connectivity index (χ0) is 13.9.